The topological polar surface area (TPSA) is 57.7 Å². The summed E-state index contributed by atoms with van der Waals surface area (Å²) in [6.07, 6.45) is 0. The van der Waals surface area contributed by atoms with Gasteiger partial charge in [0, 0.05) is 35.9 Å². The van der Waals surface area contributed by atoms with Crippen LogP contribution in [-0.2, 0) is 10.0 Å². The molecule has 2 aromatic heterocycles. The average molecular weight is 371 g/mol. The van der Waals surface area contributed by atoms with E-state index in [9.17, 15) is 13.2 Å². The van der Waals surface area contributed by atoms with Crippen LogP contribution in [0.4, 0.5) is 0 Å². The Morgan fingerprint density at radius 1 is 0.957 bits per heavy atom. The largest absolute Gasteiger partial charge is 0.335 e. The van der Waals surface area contributed by atoms with Crippen LogP contribution >= 0.6 is 22.7 Å². The van der Waals surface area contributed by atoms with Crippen molar-refractivity contribution in [1.82, 2.24) is 9.21 Å². The second kappa shape index (κ2) is 6.35. The van der Waals surface area contributed by atoms with Gasteiger partial charge in [-0.25, -0.2) is 8.42 Å². The van der Waals surface area contributed by atoms with Crippen LogP contribution in [0.1, 0.15) is 19.4 Å². The first-order valence-electron chi connectivity index (χ1n) is 7.30. The summed E-state index contributed by atoms with van der Waals surface area (Å²) in [4.78, 5) is 16.9. The Labute approximate surface area is 144 Å². The van der Waals surface area contributed by atoms with Gasteiger partial charge in [-0.3, -0.25) is 4.79 Å². The minimum Gasteiger partial charge on any atom is -0.335 e. The van der Waals surface area contributed by atoms with Crippen molar-refractivity contribution in [2.75, 3.05) is 26.2 Å². The van der Waals surface area contributed by atoms with Crippen molar-refractivity contribution in [1.29, 1.82) is 0 Å². The maximum atomic E-state index is 12.6. The Morgan fingerprint density at radius 3 is 2.09 bits per heavy atom. The normalized spacial score (nSPS) is 16.7. The standard InChI is InChI=1S/C15H18N2O3S3/c1-11-3-5-13(21-11)15(18)16-7-9-17(10-8-16)23(19,20)14-6-4-12(2)22-14/h3-6H,7-10H2,1-2H3. The number of carbonyl (C=O) groups is 1. The van der Waals surface area contributed by atoms with E-state index in [0.29, 0.717) is 35.3 Å². The Morgan fingerprint density at radius 2 is 1.57 bits per heavy atom. The zero-order chi connectivity index (χ0) is 16.6. The molecule has 3 heterocycles. The number of carbonyl (C=O) groups excluding carboxylic acids is 1. The number of thiophene rings is 2. The minimum absolute atomic E-state index is 0.00730. The first-order valence-corrected chi connectivity index (χ1v) is 10.4. The zero-order valence-corrected chi connectivity index (χ0v) is 15.4. The van der Waals surface area contributed by atoms with Gasteiger partial charge in [-0.1, -0.05) is 0 Å². The number of aryl methyl sites for hydroxylation is 2. The molecule has 1 aliphatic rings. The van der Waals surface area contributed by atoms with E-state index in [-0.39, 0.29) is 5.91 Å². The van der Waals surface area contributed by atoms with Crippen molar-refractivity contribution in [2.24, 2.45) is 0 Å². The van der Waals surface area contributed by atoms with Gasteiger partial charge in [-0.15, -0.1) is 22.7 Å². The molecule has 0 radical (unpaired) electrons. The molecule has 0 aliphatic carbocycles. The van der Waals surface area contributed by atoms with Crippen molar-refractivity contribution in [3.63, 3.8) is 0 Å². The van der Waals surface area contributed by atoms with Gasteiger partial charge in [0.05, 0.1) is 4.88 Å². The molecular formula is C15H18N2O3S3. The summed E-state index contributed by atoms with van der Waals surface area (Å²) in [7, 11) is -3.43. The average Bonchev–Trinajstić information content (AvgIpc) is 3.15. The second-order valence-corrected chi connectivity index (χ2v) is 10.2. The van der Waals surface area contributed by atoms with Crippen molar-refractivity contribution in [2.45, 2.75) is 18.1 Å². The van der Waals surface area contributed by atoms with Gasteiger partial charge in [0.1, 0.15) is 4.21 Å². The third-order valence-electron chi connectivity index (χ3n) is 3.79. The highest BCUT2D eigenvalue weighted by Crippen LogP contribution is 2.25. The monoisotopic (exact) mass is 370 g/mol. The van der Waals surface area contributed by atoms with Gasteiger partial charge in [-0.2, -0.15) is 4.31 Å². The lowest BCUT2D eigenvalue weighted by Gasteiger charge is -2.33. The predicted octanol–water partition coefficient (Wildman–Crippen LogP) is 2.57. The van der Waals surface area contributed by atoms with Crippen molar-refractivity contribution < 1.29 is 13.2 Å². The number of nitrogens with zero attached hydrogens (tertiary/aromatic N) is 2. The summed E-state index contributed by atoms with van der Waals surface area (Å²) in [5, 5.41) is 0. The number of amides is 1. The Kier molecular flexibility index (Phi) is 4.59. The van der Waals surface area contributed by atoms with E-state index >= 15 is 0 Å². The summed E-state index contributed by atoms with van der Waals surface area (Å²) in [6, 6.07) is 7.23. The summed E-state index contributed by atoms with van der Waals surface area (Å²) in [5.41, 5.74) is 0. The number of piperazine rings is 1. The van der Waals surface area contributed by atoms with E-state index in [0.717, 1.165) is 9.75 Å². The predicted molar refractivity (Wildman–Crippen MR) is 92.8 cm³/mol. The van der Waals surface area contributed by atoms with E-state index in [4.69, 9.17) is 0 Å². The van der Waals surface area contributed by atoms with Crippen LogP contribution in [0.3, 0.4) is 0 Å². The second-order valence-electron chi connectivity index (χ2n) is 5.47. The van der Waals surface area contributed by atoms with Crippen LogP contribution in [0.5, 0.6) is 0 Å². The molecule has 8 heteroatoms. The smallest absolute Gasteiger partial charge is 0.264 e. The summed E-state index contributed by atoms with van der Waals surface area (Å²) >= 11 is 2.76. The molecule has 0 spiro atoms. The van der Waals surface area contributed by atoms with E-state index in [1.807, 2.05) is 32.0 Å². The lowest BCUT2D eigenvalue weighted by molar-refractivity contribution is 0.0703. The molecule has 0 aromatic carbocycles. The molecule has 1 fully saturated rings. The fourth-order valence-corrected chi connectivity index (χ4v) is 6.21. The van der Waals surface area contributed by atoms with Crippen LogP contribution in [0.25, 0.3) is 0 Å². The molecule has 23 heavy (non-hydrogen) atoms. The van der Waals surface area contributed by atoms with Gasteiger partial charge in [0.25, 0.3) is 15.9 Å². The Bertz CT molecular complexity index is 815. The third kappa shape index (κ3) is 3.35. The highest BCUT2D eigenvalue weighted by Gasteiger charge is 2.31. The number of hydrogen-bond donors (Lipinski definition) is 0. The molecule has 124 valence electrons. The number of sulfonamides is 1. The SMILES string of the molecule is Cc1ccc(C(=O)N2CCN(S(=O)(=O)c3ccc(C)s3)CC2)s1. The molecule has 2 aromatic rings. The van der Waals surface area contributed by atoms with Crippen LogP contribution in [-0.4, -0.2) is 49.7 Å². The maximum Gasteiger partial charge on any atom is 0.264 e. The van der Waals surface area contributed by atoms with Crippen molar-refractivity contribution in [3.8, 4) is 0 Å². The first kappa shape index (κ1) is 16.6. The maximum absolute atomic E-state index is 12.6. The molecule has 1 aliphatic heterocycles. The van der Waals surface area contributed by atoms with Crippen LogP contribution in [0, 0.1) is 13.8 Å². The molecule has 5 nitrogen and oxygen atoms in total. The van der Waals surface area contributed by atoms with E-state index in [1.54, 1.807) is 11.0 Å². The van der Waals surface area contributed by atoms with Gasteiger partial charge >= 0.3 is 0 Å². The molecule has 0 atom stereocenters. The molecule has 1 saturated heterocycles. The van der Waals surface area contributed by atoms with Gasteiger partial charge in [-0.05, 0) is 38.1 Å². The molecule has 0 unspecified atom stereocenters. The molecule has 0 bridgehead atoms. The highest BCUT2D eigenvalue weighted by atomic mass is 32.2. The van der Waals surface area contributed by atoms with Crippen LogP contribution < -0.4 is 0 Å². The van der Waals surface area contributed by atoms with E-state index < -0.39 is 10.0 Å². The quantitative estimate of drug-likeness (QED) is 0.834. The fraction of sp³-hybridized carbons (Fsp3) is 0.400. The first-order chi connectivity index (χ1) is 10.9. The lowest BCUT2D eigenvalue weighted by Crippen LogP contribution is -2.50. The molecule has 3 rings (SSSR count). The van der Waals surface area contributed by atoms with Crippen LogP contribution in [0.15, 0.2) is 28.5 Å². The summed E-state index contributed by atoms with van der Waals surface area (Å²) < 4.78 is 27.0. The summed E-state index contributed by atoms with van der Waals surface area (Å²) in [6.45, 7) is 5.40. The van der Waals surface area contributed by atoms with E-state index in [1.165, 1.54) is 27.0 Å². The number of hydrogen-bond acceptors (Lipinski definition) is 5. The number of rotatable bonds is 3. The molecular weight excluding hydrogens is 352 g/mol. The molecule has 1 amide bonds. The lowest BCUT2D eigenvalue weighted by atomic mass is 10.3. The van der Waals surface area contributed by atoms with Gasteiger partial charge in [0.15, 0.2) is 0 Å². The Hall–Kier alpha value is -1.22. The van der Waals surface area contributed by atoms with Crippen molar-refractivity contribution >= 4 is 38.6 Å². The van der Waals surface area contributed by atoms with Crippen LogP contribution in [0.2, 0.25) is 0 Å². The van der Waals surface area contributed by atoms with Crippen molar-refractivity contribution in [3.05, 3.63) is 38.9 Å². The minimum atomic E-state index is -3.43. The summed E-state index contributed by atoms with van der Waals surface area (Å²) in [5.74, 6) is -0.00730. The highest BCUT2D eigenvalue weighted by molar-refractivity contribution is 7.91. The Balaban J connectivity index is 1.67. The third-order valence-corrected chi connectivity index (χ3v) is 8.14. The van der Waals surface area contributed by atoms with E-state index in [2.05, 4.69) is 0 Å². The van der Waals surface area contributed by atoms with Gasteiger partial charge < -0.3 is 4.90 Å². The molecule has 0 N–H and O–H groups in total. The van der Waals surface area contributed by atoms with Gasteiger partial charge in [0.2, 0.25) is 0 Å². The molecule has 0 saturated carbocycles. The fourth-order valence-electron chi connectivity index (χ4n) is 2.51. The zero-order valence-electron chi connectivity index (χ0n) is 13.0.